The molecule has 0 saturated carbocycles. The van der Waals surface area contributed by atoms with Crippen molar-refractivity contribution in [2.45, 2.75) is 19.6 Å². The molecule has 1 amide bonds. The van der Waals surface area contributed by atoms with Gasteiger partial charge in [-0.1, -0.05) is 48.5 Å². The molecule has 4 nitrogen and oxygen atoms in total. The lowest BCUT2D eigenvalue weighted by molar-refractivity contribution is -0.126. The van der Waals surface area contributed by atoms with Crippen molar-refractivity contribution in [2.75, 3.05) is 7.05 Å². The summed E-state index contributed by atoms with van der Waals surface area (Å²) in [5.74, 6) is 0.732. The summed E-state index contributed by atoms with van der Waals surface area (Å²) in [6, 6.07) is 23.4. The fraction of sp³-hybridized carbons (Fsp3) is 0.167. The fourth-order valence-corrected chi connectivity index (χ4v) is 2.75. The van der Waals surface area contributed by atoms with Crippen molar-refractivity contribution in [1.29, 1.82) is 0 Å². The molecule has 1 heterocycles. The van der Waals surface area contributed by atoms with Crippen molar-refractivity contribution in [2.24, 2.45) is 0 Å². The van der Waals surface area contributed by atoms with E-state index in [-0.39, 0.29) is 11.9 Å². The third-order valence-electron chi connectivity index (χ3n) is 4.62. The molecule has 142 valence electrons. The van der Waals surface area contributed by atoms with Crippen molar-refractivity contribution in [3.05, 3.63) is 102 Å². The number of hydrogen-bond acceptors (Lipinski definition) is 3. The maximum absolute atomic E-state index is 12.5. The Labute approximate surface area is 166 Å². The van der Waals surface area contributed by atoms with E-state index >= 15 is 0 Å². The first kappa shape index (κ1) is 19.4. The number of amides is 1. The summed E-state index contributed by atoms with van der Waals surface area (Å²) in [6.45, 7) is 2.45. The van der Waals surface area contributed by atoms with Gasteiger partial charge in [-0.25, -0.2) is 0 Å². The van der Waals surface area contributed by atoms with Gasteiger partial charge in [-0.15, -0.1) is 0 Å². The molecule has 1 atom stereocenters. The monoisotopic (exact) mass is 372 g/mol. The van der Waals surface area contributed by atoms with Gasteiger partial charge in [0.15, 0.2) is 0 Å². The van der Waals surface area contributed by atoms with E-state index in [9.17, 15) is 4.79 Å². The van der Waals surface area contributed by atoms with Crippen LogP contribution in [-0.2, 0) is 11.4 Å². The van der Waals surface area contributed by atoms with Gasteiger partial charge >= 0.3 is 0 Å². The van der Waals surface area contributed by atoms with Gasteiger partial charge in [0.25, 0.3) is 0 Å². The highest BCUT2D eigenvalue weighted by molar-refractivity contribution is 5.91. The minimum atomic E-state index is -0.0353. The van der Waals surface area contributed by atoms with E-state index in [1.165, 1.54) is 0 Å². The quantitative estimate of drug-likeness (QED) is 0.554. The molecule has 28 heavy (non-hydrogen) atoms. The average molecular weight is 372 g/mol. The zero-order valence-corrected chi connectivity index (χ0v) is 16.2. The smallest absolute Gasteiger partial charge is 0.246 e. The van der Waals surface area contributed by atoms with E-state index in [0.29, 0.717) is 6.61 Å². The third-order valence-corrected chi connectivity index (χ3v) is 4.62. The highest BCUT2D eigenvalue weighted by Crippen LogP contribution is 2.19. The molecular formula is C24H24N2O2. The summed E-state index contributed by atoms with van der Waals surface area (Å²) in [7, 11) is 1.82. The standard InChI is InChI=1S/C24H24N2O2/c1-19(21-8-4-3-5-9-21)26(2)24(27)16-13-20-11-14-23(15-12-20)28-18-22-10-6-7-17-25-22/h3-17,19H,18H2,1-2H3/b16-13+/t19-/m1/s1. The van der Waals surface area contributed by atoms with Crippen LogP contribution in [0.1, 0.15) is 29.8 Å². The average Bonchev–Trinajstić information content (AvgIpc) is 2.77. The van der Waals surface area contributed by atoms with Crippen LogP contribution >= 0.6 is 0 Å². The van der Waals surface area contributed by atoms with Crippen LogP contribution in [-0.4, -0.2) is 22.8 Å². The first-order valence-corrected chi connectivity index (χ1v) is 9.26. The van der Waals surface area contributed by atoms with Crippen molar-refractivity contribution >= 4 is 12.0 Å². The molecule has 0 N–H and O–H groups in total. The zero-order chi connectivity index (χ0) is 19.8. The van der Waals surface area contributed by atoms with Gasteiger partial charge in [-0.05, 0) is 48.4 Å². The highest BCUT2D eigenvalue weighted by atomic mass is 16.5. The molecule has 0 aliphatic carbocycles. The molecule has 0 saturated heterocycles. The number of hydrogen-bond donors (Lipinski definition) is 0. The Morgan fingerprint density at radius 2 is 1.75 bits per heavy atom. The van der Waals surface area contributed by atoms with Crippen LogP contribution in [0.3, 0.4) is 0 Å². The van der Waals surface area contributed by atoms with Crippen LogP contribution in [0.5, 0.6) is 5.75 Å². The Morgan fingerprint density at radius 3 is 2.43 bits per heavy atom. The molecule has 0 fully saturated rings. The summed E-state index contributed by atoms with van der Waals surface area (Å²) >= 11 is 0. The fourth-order valence-electron chi connectivity index (χ4n) is 2.75. The number of nitrogens with zero attached hydrogens (tertiary/aromatic N) is 2. The van der Waals surface area contributed by atoms with Crippen LogP contribution < -0.4 is 4.74 Å². The minimum Gasteiger partial charge on any atom is -0.487 e. The highest BCUT2D eigenvalue weighted by Gasteiger charge is 2.14. The topological polar surface area (TPSA) is 42.4 Å². The molecule has 0 spiro atoms. The molecule has 4 heteroatoms. The molecule has 1 aromatic heterocycles. The van der Waals surface area contributed by atoms with Gasteiger partial charge in [-0.2, -0.15) is 0 Å². The molecule has 3 rings (SSSR count). The first-order valence-electron chi connectivity index (χ1n) is 9.26. The Balaban J connectivity index is 1.55. The van der Waals surface area contributed by atoms with Crippen molar-refractivity contribution in [1.82, 2.24) is 9.88 Å². The van der Waals surface area contributed by atoms with Gasteiger partial charge in [-0.3, -0.25) is 9.78 Å². The SMILES string of the molecule is C[C@H](c1ccccc1)N(C)C(=O)/C=C/c1ccc(OCc2ccccn2)cc1. The Hall–Kier alpha value is -3.40. The largest absolute Gasteiger partial charge is 0.487 e. The van der Waals surface area contributed by atoms with E-state index < -0.39 is 0 Å². The van der Waals surface area contributed by atoms with Crippen LogP contribution in [0.15, 0.2) is 85.1 Å². The zero-order valence-electron chi connectivity index (χ0n) is 16.2. The van der Waals surface area contributed by atoms with E-state index in [1.807, 2.05) is 92.8 Å². The number of likely N-dealkylation sites (N-methyl/N-ethyl adjacent to an activating group) is 1. The Kier molecular flexibility index (Phi) is 6.58. The third kappa shape index (κ3) is 5.30. The summed E-state index contributed by atoms with van der Waals surface area (Å²) < 4.78 is 5.73. The van der Waals surface area contributed by atoms with E-state index in [2.05, 4.69) is 4.98 Å². The number of pyridine rings is 1. The van der Waals surface area contributed by atoms with E-state index in [1.54, 1.807) is 17.2 Å². The Bertz CT molecular complexity index is 906. The summed E-state index contributed by atoms with van der Waals surface area (Å²) in [5.41, 5.74) is 2.94. The van der Waals surface area contributed by atoms with Gasteiger partial charge in [0.1, 0.15) is 12.4 Å². The van der Waals surface area contributed by atoms with Crippen LogP contribution in [0.25, 0.3) is 6.08 Å². The van der Waals surface area contributed by atoms with Crippen LogP contribution in [0.4, 0.5) is 0 Å². The molecule has 0 bridgehead atoms. The summed E-state index contributed by atoms with van der Waals surface area (Å²) in [5, 5.41) is 0. The lowest BCUT2D eigenvalue weighted by atomic mass is 10.1. The van der Waals surface area contributed by atoms with Crippen molar-refractivity contribution in [3.63, 3.8) is 0 Å². The molecule has 0 radical (unpaired) electrons. The summed E-state index contributed by atoms with van der Waals surface area (Å²) in [4.78, 5) is 18.4. The second-order valence-corrected chi connectivity index (χ2v) is 6.55. The molecule has 2 aromatic carbocycles. The number of carbonyl (C=O) groups excluding carboxylic acids is 1. The van der Waals surface area contributed by atoms with E-state index in [0.717, 1.165) is 22.6 Å². The first-order chi connectivity index (χ1) is 13.6. The van der Waals surface area contributed by atoms with Crippen LogP contribution in [0, 0.1) is 0 Å². The number of carbonyl (C=O) groups is 1. The predicted molar refractivity (Wildman–Crippen MR) is 112 cm³/mol. The maximum atomic E-state index is 12.5. The molecule has 0 aliphatic heterocycles. The molecular weight excluding hydrogens is 348 g/mol. The number of rotatable bonds is 7. The Morgan fingerprint density at radius 1 is 1.04 bits per heavy atom. The normalized spacial score (nSPS) is 11.9. The molecule has 0 aliphatic rings. The predicted octanol–water partition coefficient (Wildman–Crippen LogP) is 4.89. The second-order valence-electron chi connectivity index (χ2n) is 6.55. The van der Waals surface area contributed by atoms with Gasteiger partial charge in [0.05, 0.1) is 11.7 Å². The summed E-state index contributed by atoms with van der Waals surface area (Å²) in [6.07, 6.45) is 5.17. The number of ether oxygens (including phenoxy) is 1. The molecule has 0 unspecified atom stereocenters. The van der Waals surface area contributed by atoms with Crippen molar-refractivity contribution in [3.8, 4) is 5.75 Å². The number of benzene rings is 2. The van der Waals surface area contributed by atoms with Gasteiger partial charge in [0.2, 0.25) is 5.91 Å². The lowest BCUT2D eigenvalue weighted by Crippen LogP contribution is -2.27. The van der Waals surface area contributed by atoms with E-state index in [4.69, 9.17) is 4.74 Å². The number of aromatic nitrogens is 1. The minimum absolute atomic E-state index is 0.0146. The lowest BCUT2D eigenvalue weighted by Gasteiger charge is -2.24. The molecule has 3 aromatic rings. The van der Waals surface area contributed by atoms with Gasteiger partial charge in [0, 0.05) is 19.3 Å². The van der Waals surface area contributed by atoms with Gasteiger partial charge < -0.3 is 9.64 Å². The van der Waals surface area contributed by atoms with Crippen LogP contribution in [0.2, 0.25) is 0 Å². The maximum Gasteiger partial charge on any atom is 0.246 e. The second kappa shape index (κ2) is 9.51. The van der Waals surface area contributed by atoms with Crippen molar-refractivity contribution < 1.29 is 9.53 Å².